The van der Waals surface area contributed by atoms with E-state index < -0.39 is 12.1 Å². The minimum absolute atomic E-state index is 0.289. The van der Waals surface area contributed by atoms with Crippen molar-refractivity contribution in [3.63, 3.8) is 0 Å². The van der Waals surface area contributed by atoms with Crippen molar-refractivity contribution >= 4 is 5.97 Å². The first-order valence-corrected chi connectivity index (χ1v) is 10.5. The molecule has 3 aliphatic heterocycles. The van der Waals surface area contributed by atoms with Crippen LogP contribution in [0.25, 0.3) is 0 Å². The third-order valence-electron chi connectivity index (χ3n) is 6.16. The van der Waals surface area contributed by atoms with Crippen LogP contribution in [-0.4, -0.2) is 73.9 Å². The topological polar surface area (TPSA) is 81.4 Å². The molecule has 3 saturated heterocycles. The minimum atomic E-state index is -5.08. The van der Waals surface area contributed by atoms with Gasteiger partial charge in [-0.1, -0.05) is 0 Å². The monoisotopic (exact) mass is 449 g/mol. The van der Waals surface area contributed by atoms with Gasteiger partial charge in [0.1, 0.15) is 11.5 Å². The Morgan fingerprint density at radius 1 is 1.23 bits per heavy atom. The maximum Gasteiger partial charge on any atom is 0.490 e. The van der Waals surface area contributed by atoms with Crippen LogP contribution in [0.2, 0.25) is 0 Å². The van der Waals surface area contributed by atoms with Crippen molar-refractivity contribution in [3.8, 4) is 0 Å². The number of furan rings is 1. The number of aliphatic carboxylic acids is 1. The van der Waals surface area contributed by atoms with Crippen LogP contribution in [0.15, 0.2) is 10.5 Å². The molecule has 0 amide bonds. The fraction of sp³-hybridized carbons (Fsp3) is 0.762. The number of fused-ring (bicyclic) bond motifs is 1. The molecule has 0 bridgehead atoms. The molecule has 0 saturated carbocycles. The normalized spacial score (nSPS) is 27.1. The predicted octanol–water partition coefficient (Wildman–Crippen LogP) is 3.17. The lowest BCUT2D eigenvalue weighted by atomic mass is 10.00. The number of hydrogen-bond donors (Lipinski definition) is 1. The second-order valence-electron chi connectivity index (χ2n) is 8.38. The van der Waals surface area contributed by atoms with E-state index in [4.69, 9.17) is 28.5 Å². The number of carboxylic acids is 1. The standard InChI is InChI=1S/C19H29NO4.C2HF3O2/c1-13-7-16(24-14(13)2)8-20-9-19(17-11-22-12-18(17)20)23-10-15-3-5-21-6-4-15;3-2(4,5)1(6)7/h7,15,17-19H,3-6,8-12H2,1-2H3;(H,6,7)/t17-,18+,19-;/m0./s1. The highest BCUT2D eigenvalue weighted by molar-refractivity contribution is 5.73. The summed E-state index contributed by atoms with van der Waals surface area (Å²) in [6, 6.07) is 2.63. The first-order chi connectivity index (χ1) is 14.6. The molecule has 3 atom stereocenters. The molecule has 4 heterocycles. The van der Waals surface area contributed by atoms with E-state index in [0.29, 0.717) is 17.9 Å². The predicted molar refractivity (Wildman–Crippen MR) is 104 cm³/mol. The highest BCUT2D eigenvalue weighted by Gasteiger charge is 2.46. The van der Waals surface area contributed by atoms with Gasteiger partial charge >= 0.3 is 12.1 Å². The third-order valence-corrected chi connectivity index (χ3v) is 6.16. The molecule has 0 radical (unpaired) electrons. The Kier molecular flexibility index (Phi) is 8.01. The molecule has 1 N–H and O–H groups in total. The summed E-state index contributed by atoms with van der Waals surface area (Å²) in [7, 11) is 0. The van der Waals surface area contributed by atoms with E-state index in [1.54, 1.807) is 0 Å². The van der Waals surface area contributed by atoms with Gasteiger partial charge in [0.05, 0.1) is 32.5 Å². The van der Waals surface area contributed by atoms with Gasteiger partial charge in [-0.2, -0.15) is 13.2 Å². The summed E-state index contributed by atoms with van der Waals surface area (Å²) in [5, 5.41) is 7.12. The highest BCUT2D eigenvalue weighted by Crippen LogP contribution is 2.34. The van der Waals surface area contributed by atoms with Crippen molar-refractivity contribution in [2.75, 3.05) is 39.6 Å². The van der Waals surface area contributed by atoms with Crippen molar-refractivity contribution in [1.29, 1.82) is 0 Å². The van der Waals surface area contributed by atoms with Gasteiger partial charge in [0.15, 0.2) is 0 Å². The number of aryl methyl sites for hydroxylation is 2. The van der Waals surface area contributed by atoms with E-state index in [2.05, 4.69) is 17.9 Å². The maximum absolute atomic E-state index is 10.6. The zero-order valence-electron chi connectivity index (χ0n) is 17.8. The van der Waals surface area contributed by atoms with E-state index in [1.807, 2.05) is 6.92 Å². The Hall–Kier alpha value is -1.62. The number of halogens is 3. The molecule has 1 aromatic rings. The van der Waals surface area contributed by atoms with Crippen molar-refractivity contribution < 1.29 is 41.7 Å². The Balaban J connectivity index is 0.000000339. The summed E-state index contributed by atoms with van der Waals surface area (Å²) >= 11 is 0. The number of carbonyl (C=O) groups is 1. The van der Waals surface area contributed by atoms with Crippen molar-refractivity contribution in [1.82, 2.24) is 4.90 Å². The minimum Gasteiger partial charge on any atom is -0.475 e. The van der Waals surface area contributed by atoms with E-state index in [0.717, 1.165) is 70.5 Å². The third kappa shape index (κ3) is 6.44. The SMILES string of the molecule is Cc1cc(CN2C[C@H](OCC3CCOCC3)[C@H]3COC[C@H]32)oc1C.O=C(O)C(F)(F)F. The van der Waals surface area contributed by atoms with Gasteiger partial charge in [0, 0.05) is 31.7 Å². The molecule has 4 rings (SSSR count). The van der Waals surface area contributed by atoms with Crippen LogP contribution < -0.4 is 0 Å². The van der Waals surface area contributed by atoms with Crippen LogP contribution in [-0.2, 0) is 25.5 Å². The van der Waals surface area contributed by atoms with Gasteiger partial charge in [-0.3, -0.25) is 4.90 Å². The largest absolute Gasteiger partial charge is 0.490 e. The maximum atomic E-state index is 10.6. The van der Waals surface area contributed by atoms with Gasteiger partial charge in [0.2, 0.25) is 0 Å². The summed E-state index contributed by atoms with van der Waals surface area (Å²) in [5.74, 6) is 0.481. The molecular weight excluding hydrogens is 419 g/mol. The van der Waals surface area contributed by atoms with Gasteiger partial charge in [-0.25, -0.2) is 4.79 Å². The lowest BCUT2D eigenvalue weighted by Crippen LogP contribution is -2.32. The van der Waals surface area contributed by atoms with E-state index >= 15 is 0 Å². The fourth-order valence-electron chi connectivity index (χ4n) is 4.25. The van der Waals surface area contributed by atoms with E-state index in [-0.39, 0.29) is 6.10 Å². The molecule has 0 unspecified atom stereocenters. The molecular formula is C21H30F3NO6. The summed E-state index contributed by atoms with van der Waals surface area (Å²) in [6.07, 6.45) is -2.53. The Morgan fingerprint density at radius 2 is 1.90 bits per heavy atom. The van der Waals surface area contributed by atoms with Crippen LogP contribution in [0.3, 0.4) is 0 Å². The van der Waals surface area contributed by atoms with Crippen molar-refractivity contribution in [2.45, 2.75) is 51.6 Å². The number of rotatable bonds is 5. The zero-order chi connectivity index (χ0) is 22.6. The van der Waals surface area contributed by atoms with Gasteiger partial charge < -0.3 is 23.7 Å². The van der Waals surface area contributed by atoms with Gasteiger partial charge in [0.25, 0.3) is 0 Å². The van der Waals surface area contributed by atoms with E-state index in [1.165, 1.54) is 5.56 Å². The fourth-order valence-corrected chi connectivity index (χ4v) is 4.25. The molecule has 3 fully saturated rings. The zero-order valence-corrected chi connectivity index (χ0v) is 17.8. The average molecular weight is 449 g/mol. The van der Waals surface area contributed by atoms with E-state index in [9.17, 15) is 13.2 Å². The van der Waals surface area contributed by atoms with Gasteiger partial charge in [-0.15, -0.1) is 0 Å². The molecule has 7 nitrogen and oxygen atoms in total. The van der Waals surface area contributed by atoms with Crippen molar-refractivity contribution in [2.24, 2.45) is 11.8 Å². The molecule has 1 aromatic heterocycles. The first-order valence-electron chi connectivity index (χ1n) is 10.5. The highest BCUT2D eigenvalue weighted by atomic mass is 19.4. The van der Waals surface area contributed by atoms with Crippen LogP contribution in [0.4, 0.5) is 13.2 Å². The summed E-state index contributed by atoms with van der Waals surface area (Å²) in [4.78, 5) is 11.4. The number of hydrogen-bond acceptors (Lipinski definition) is 6. The number of alkyl halides is 3. The average Bonchev–Trinajstić information content (AvgIpc) is 3.39. The molecule has 0 aromatic carbocycles. The Morgan fingerprint density at radius 3 is 2.48 bits per heavy atom. The van der Waals surface area contributed by atoms with Crippen molar-refractivity contribution in [3.05, 3.63) is 23.2 Å². The quantitative estimate of drug-likeness (QED) is 0.740. The van der Waals surface area contributed by atoms with Gasteiger partial charge in [-0.05, 0) is 44.2 Å². The summed E-state index contributed by atoms with van der Waals surface area (Å²) in [6.45, 7) is 10.3. The second kappa shape index (κ2) is 10.3. The molecule has 176 valence electrons. The molecule has 3 aliphatic rings. The lowest BCUT2D eigenvalue weighted by molar-refractivity contribution is -0.192. The van der Waals surface area contributed by atoms with Crippen LogP contribution in [0, 0.1) is 25.7 Å². The molecule has 0 aliphatic carbocycles. The number of nitrogens with zero attached hydrogens (tertiary/aromatic N) is 1. The Labute approximate surface area is 179 Å². The second-order valence-corrected chi connectivity index (χ2v) is 8.38. The number of carboxylic acid groups (broad SMARTS) is 1. The van der Waals surface area contributed by atoms with Crippen LogP contribution in [0.1, 0.15) is 29.9 Å². The first kappa shape index (κ1) is 24.0. The Bertz CT molecular complexity index is 712. The molecule has 31 heavy (non-hydrogen) atoms. The number of ether oxygens (including phenoxy) is 3. The lowest BCUT2D eigenvalue weighted by Gasteiger charge is -2.25. The summed E-state index contributed by atoms with van der Waals surface area (Å²) < 4.78 is 55.2. The number of likely N-dealkylation sites (tertiary alicyclic amines) is 1. The summed E-state index contributed by atoms with van der Waals surface area (Å²) in [5.41, 5.74) is 1.23. The van der Waals surface area contributed by atoms with Crippen LogP contribution in [0.5, 0.6) is 0 Å². The smallest absolute Gasteiger partial charge is 0.475 e. The van der Waals surface area contributed by atoms with Crippen LogP contribution >= 0.6 is 0 Å². The molecule has 0 spiro atoms. The molecule has 10 heteroatoms.